The van der Waals surface area contributed by atoms with Crippen LogP contribution in [0.1, 0.15) is 37.0 Å². The van der Waals surface area contributed by atoms with E-state index in [0.717, 1.165) is 10.7 Å². The van der Waals surface area contributed by atoms with Gasteiger partial charge in [-0.3, -0.25) is 5.41 Å². The highest BCUT2D eigenvalue weighted by atomic mass is 35.5. The average molecular weight is 324 g/mol. The molecule has 2 aromatic rings. The number of halogens is 1. The summed E-state index contributed by atoms with van der Waals surface area (Å²) in [6.45, 7) is 6.70. The Balaban J connectivity index is 2.16. The lowest BCUT2D eigenvalue weighted by atomic mass is 9.93. The van der Waals surface area contributed by atoms with Crippen molar-refractivity contribution in [2.45, 2.75) is 32.8 Å². The molecule has 0 atom stereocenters. The summed E-state index contributed by atoms with van der Waals surface area (Å²) >= 11 is 7.62. The van der Waals surface area contributed by atoms with Crippen molar-refractivity contribution < 1.29 is 4.74 Å². The molecular formula is C15H18ClN3OS. The minimum atomic E-state index is -0.106. The summed E-state index contributed by atoms with van der Waals surface area (Å²) in [5.74, 6) is 0.396. The zero-order valence-corrected chi connectivity index (χ0v) is 13.8. The lowest BCUT2D eigenvalue weighted by molar-refractivity contribution is 0.304. The van der Waals surface area contributed by atoms with E-state index in [1.807, 2.05) is 5.38 Å². The van der Waals surface area contributed by atoms with Crippen molar-refractivity contribution >= 4 is 28.8 Å². The number of nitrogens with two attached hydrogens (primary N) is 1. The van der Waals surface area contributed by atoms with Gasteiger partial charge in [0.05, 0.1) is 16.3 Å². The molecule has 0 spiro atoms. The van der Waals surface area contributed by atoms with Crippen molar-refractivity contribution in [2.75, 3.05) is 0 Å². The van der Waals surface area contributed by atoms with Crippen LogP contribution < -0.4 is 10.5 Å². The van der Waals surface area contributed by atoms with E-state index in [4.69, 9.17) is 27.5 Å². The Morgan fingerprint density at radius 1 is 1.43 bits per heavy atom. The van der Waals surface area contributed by atoms with Crippen molar-refractivity contribution in [3.05, 3.63) is 44.9 Å². The summed E-state index contributed by atoms with van der Waals surface area (Å²) in [6.07, 6.45) is 0. The molecule has 2 rings (SSSR count). The standard InChI is InChI=1S/C15H18ClN3OS/c1-15(2,3)11-8-21-12(19-11)7-20-10-6-4-5-9(16)13(10)14(17)18/h4-6,8H,7H2,1-3H3,(H3,17,18). The van der Waals surface area contributed by atoms with E-state index in [-0.39, 0.29) is 11.3 Å². The van der Waals surface area contributed by atoms with Gasteiger partial charge in [0, 0.05) is 10.8 Å². The molecule has 0 saturated carbocycles. The van der Waals surface area contributed by atoms with Crippen LogP contribution in [0.5, 0.6) is 5.75 Å². The van der Waals surface area contributed by atoms with Gasteiger partial charge >= 0.3 is 0 Å². The Morgan fingerprint density at radius 2 is 2.14 bits per heavy atom. The molecule has 0 amide bonds. The molecule has 0 fully saturated rings. The van der Waals surface area contributed by atoms with Crippen LogP contribution in [0.2, 0.25) is 5.02 Å². The predicted molar refractivity (Wildman–Crippen MR) is 87.6 cm³/mol. The number of thiazole rings is 1. The molecular weight excluding hydrogens is 306 g/mol. The second kappa shape index (κ2) is 6.03. The monoisotopic (exact) mass is 323 g/mol. The summed E-state index contributed by atoms with van der Waals surface area (Å²) < 4.78 is 5.73. The van der Waals surface area contributed by atoms with Crippen LogP contribution in [-0.2, 0) is 12.0 Å². The Kier molecular flexibility index (Phi) is 4.54. The topological polar surface area (TPSA) is 72.0 Å². The molecule has 4 nitrogen and oxygen atoms in total. The molecule has 0 aliphatic carbocycles. The third kappa shape index (κ3) is 3.74. The van der Waals surface area contributed by atoms with Crippen LogP contribution in [0.4, 0.5) is 0 Å². The van der Waals surface area contributed by atoms with Crippen LogP contribution in [0.15, 0.2) is 23.6 Å². The van der Waals surface area contributed by atoms with E-state index in [0.29, 0.717) is 22.9 Å². The highest BCUT2D eigenvalue weighted by Crippen LogP contribution is 2.28. The highest BCUT2D eigenvalue weighted by Gasteiger charge is 2.18. The fraction of sp³-hybridized carbons (Fsp3) is 0.333. The van der Waals surface area contributed by atoms with Crippen LogP contribution >= 0.6 is 22.9 Å². The summed E-state index contributed by atoms with van der Waals surface area (Å²) in [5, 5.41) is 10.9. The molecule has 3 N–H and O–H groups in total. The lowest BCUT2D eigenvalue weighted by Crippen LogP contribution is -2.14. The summed E-state index contributed by atoms with van der Waals surface area (Å²) in [7, 11) is 0. The SMILES string of the molecule is CC(C)(C)c1csc(COc2cccc(Cl)c2C(=N)N)n1. The third-order valence-electron chi connectivity index (χ3n) is 2.92. The first-order valence-corrected chi connectivity index (χ1v) is 7.75. The van der Waals surface area contributed by atoms with Crippen molar-refractivity contribution in [1.82, 2.24) is 4.98 Å². The van der Waals surface area contributed by atoms with Gasteiger partial charge in [-0.05, 0) is 12.1 Å². The van der Waals surface area contributed by atoms with E-state index in [1.165, 1.54) is 0 Å². The van der Waals surface area contributed by atoms with E-state index < -0.39 is 0 Å². The number of ether oxygens (including phenoxy) is 1. The Hall–Kier alpha value is -1.59. The van der Waals surface area contributed by atoms with Gasteiger partial charge in [0.25, 0.3) is 0 Å². The van der Waals surface area contributed by atoms with Crippen LogP contribution in [-0.4, -0.2) is 10.8 Å². The van der Waals surface area contributed by atoms with E-state index in [9.17, 15) is 0 Å². The van der Waals surface area contributed by atoms with Gasteiger partial charge < -0.3 is 10.5 Å². The van der Waals surface area contributed by atoms with Crippen molar-refractivity contribution in [3.8, 4) is 5.75 Å². The van der Waals surface area contributed by atoms with Crippen LogP contribution in [0.25, 0.3) is 0 Å². The number of amidine groups is 1. The lowest BCUT2D eigenvalue weighted by Gasteiger charge is -2.14. The largest absolute Gasteiger partial charge is 0.486 e. The number of hydrogen-bond donors (Lipinski definition) is 2. The van der Waals surface area contributed by atoms with E-state index in [1.54, 1.807) is 29.5 Å². The number of nitrogen functional groups attached to an aromatic ring is 1. The summed E-state index contributed by atoms with van der Waals surface area (Å²) in [6, 6.07) is 5.21. The predicted octanol–water partition coefficient (Wildman–Crippen LogP) is 3.96. The normalized spacial score (nSPS) is 11.4. The molecule has 1 aromatic carbocycles. The Bertz CT molecular complexity index is 661. The van der Waals surface area contributed by atoms with Gasteiger partial charge in [-0.2, -0.15) is 0 Å². The molecule has 0 aliphatic rings. The van der Waals surface area contributed by atoms with Gasteiger partial charge in [0.15, 0.2) is 0 Å². The van der Waals surface area contributed by atoms with Crippen molar-refractivity contribution in [3.63, 3.8) is 0 Å². The second-order valence-corrected chi connectivity index (χ2v) is 7.04. The number of rotatable bonds is 4. The highest BCUT2D eigenvalue weighted by molar-refractivity contribution is 7.09. The minimum Gasteiger partial charge on any atom is -0.486 e. The minimum absolute atomic E-state index is 0.0232. The quantitative estimate of drug-likeness (QED) is 0.661. The first kappa shape index (κ1) is 15.8. The fourth-order valence-electron chi connectivity index (χ4n) is 1.75. The molecule has 6 heteroatoms. The number of nitrogens with one attached hydrogen (secondary N) is 1. The molecule has 21 heavy (non-hydrogen) atoms. The van der Waals surface area contributed by atoms with E-state index in [2.05, 4.69) is 25.8 Å². The first-order valence-electron chi connectivity index (χ1n) is 6.49. The Morgan fingerprint density at radius 3 is 2.71 bits per heavy atom. The summed E-state index contributed by atoms with van der Waals surface area (Å²) in [4.78, 5) is 4.57. The first-order chi connectivity index (χ1) is 9.79. The molecule has 1 heterocycles. The molecule has 0 aliphatic heterocycles. The number of hydrogen-bond acceptors (Lipinski definition) is 4. The van der Waals surface area contributed by atoms with Gasteiger partial charge in [-0.25, -0.2) is 4.98 Å². The molecule has 0 unspecified atom stereocenters. The maximum Gasteiger partial charge on any atom is 0.140 e. The average Bonchev–Trinajstić information content (AvgIpc) is 2.84. The van der Waals surface area contributed by atoms with Crippen molar-refractivity contribution in [2.24, 2.45) is 5.73 Å². The molecule has 0 bridgehead atoms. The van der Waals surface area contributed by atoms with E-state index >= 15 is 0 Å². The Labute approximate surface area is 133 Å². The van der Waals surface area contributed by atoms with Gasteiger partial charge in [0.1, 0.15) is 23.2 Å². The van der Waals surface area contributed by atoms with Gasteiger partial charge in [-0.1, -0.05) is 38.4 Å². The number of aromatic nitrogens is 1. The zero-order chi connectivity index (χ0) is 15.6. The maximum atomic E-state index is 7.59. The fourth-order valence-corrected chi connectivity index (χ4v) is 2.95. The smallest absolute Gasteiger partial charge is 0.140 e. The van der Waals surface area contributed by atoms with Crippen molar-refractivity contribution in [1.29, 1.82) is 5.41 Å². The van der Waals surface area contributed by atoms with Gasteiger partial charge in [0.2, 0.25) is 0 Å². The number of nitrogens with zero attached hydrogens (tertiary/aromatic N) is 1. The molecule has 0 radical (unpaired) electrons. The molecule has 0 saturated heterocycles. The number of benzene rings is 1. The van der Waals surface area contributed by atoms with Crippen LogP contribution in [0.3, 0.4) is 0 Å². The van der Waals surface area contributed by atoms with Crippen LogP contribution in [0, 0.1) is 5.41 Å². The van der Waals surface area contributed by atoms with Gasteiger partial charge in [-0.15, -0.1) is 11.3 Å². The molecule has 1 aromatic heterocycles. The third-order valence-corrected chi connectivity index (χ3v) is 4.05. The zero-order valence-electron chi connectivity index (χ0n) is 12.2. The second-order valence-electron chi connectivity index (χ2n) is 5.69. The summed E-state index contributed by atoms with van der Waals surface area (Å²) in [5.41, 5.74) is 7.04. The maximum absolute atomic E-state index is 7.59. The molecule has 112 valence electrons.